The number of hydrogen-bond donors (Lipinski definition) is 0. The standard InChI is InChI=1S/C11H21BrO3/c12-5-8-14-10-9-13-7-4-11-3-1-2-6-15-11/h11H,1-10H2. The minimum absolute atomic E-state index is 0.433. The zero-order valence-electron chi connectivity index (χ0n) is 9.25. The number of rotatable bonds is 8. The van der Waals surface area contributed by atoms with E-state index in [4.69, 9.17) is 14.2 Å². The lowest BCUT2D eigenvalue weighted by atomic mass is 10.1. The molecule has 1 aliphatic heterocycles. The molecular weight excluding hydrogens is 260 g/mol. The molecule has 4 heteroatoms. The zero-order chi connectivity index (χ0) is 10.8. The van der Waals surface area contributed by atoms with Crippen LogP contribution in [0.2, 0.25) is 0 Å². The van der Waals surface area contributed by atoms with Crippen LogP contribution in [0.1, 0.15) is 25.7 Å². The maximum atomic E-state index is 5.61. The van der Waals surface area contributed by atoms with Crippen LogP contribution in [0.15, 0.2) is 0 Å². The van der Waals surface area contributed by atoms with Gasteiger partial charge < -0.3 is 14.2 Å². The number of ether oxygens (including phenoxy) is 3. The SMILES string of the molecule is BrCCOCCOCCC1CCCCO1. The van der Waals surface area contributed by atoms with Gasteiger partial charge in [0, 0.05) is 18.5 Å². The van der Waals surface area contributed by atoms with Crippen LogP contribution in [-0.2, 0) is 14.2 Å². The predicted molar refractivity (Wildman–Crippen MR) is 63.6 cm³/mol. The fourth-order valence-electron chi connectivity index (χ4n) is 1.63. The van der Waals surface area contributed by atoms with E-state index in [0.717, 1.165) is 31.6 Å². The molecule has 0 amide bonds. The Balaban J connectivity index is 1.79. The van der Waals surface area contributed by atoms with Crippen LogP contribution in [0, 0.1) is 0 Å². The van der Waals surface area contributed by atoms with E-state index in [1.807, 2.05) is 0 Å². The highest BCUT2D eigenvalue weighted by atomic mass is 79.9. The van der Waals surface area contributed by atoms with Crippen molar-refractivity contribution in [2.75, 3.05) is 38.4 Å². The molecule has 1 unspecified atom stereocenters. The van der Waals surface area contributed by atoms with Crippen molar-refractivity contribution < 1.29 is 14.2 Å². The Hall–Kier alpha value is 0.360. The van der Waals surface area contributed by atoms with Crippen LogP contribution in [0.5, 0.6) is 0 Å². The molecule has 15 heavy (non-hydrogen) atoms. The van der Waals surface area contributed by atoms with Gasteiger partial charge in [0.25, 0.3) is 0 Å². The summed E-state index contributed by atoms with van der Waals surface area (Å²) in [5.74, 6) is 0. The second-order valence-electron chi connectivity index (χ2n) is 3.69. The van der Waals surface area contributed by atoms with Gasteiger partial charge in [-0.25, -0.2) is 0 Å². The van der Waals surface area contributed by atoms with E-state index in [9.17, 15) is 0 Å². The Morgan fingerprint density at radius 3 is 2.53 bits per heavy atom. The van der Waals surface area contributed by atoms with Crippen LogP contribution < -0.4 is 0 Å². The van der Waals surface area contributed by atoms with Gasteiger partial charge in [-0.05, 0) is 25.7 Å². The van der Waals surface area contributed by atoms with E-state index in [1.165, 1.54) is 19.3 Å². The van der Waals surface area contributed by atoms with Crippen molar-refractivity contribution in [3.63, 3.8) is 0 Å². The Morgan fingerprint density at radius 1 is 1.07 bits per heavy atom. The molecule has 1 rings (SSSR count). The largest absolute Gasteiger partial charge is 0.379 e. The van der Waals surface area contributed by atoms with Gasteiger partial charge in [-0.2, -0.15) is 0 Å². The molecule has 1 heterocycles. The first kappa shape index (κ1) is 13.4. The van der Waals surface area contributed by atoms with Crippen molar-refractivity contribution in [3.8, 4) is 0 Å². The summed E-state index contributed by atoms with van der Waals surface area (Å²) in [5, 5.41) is 0.892. The summed E-state index contributed by atoms with van der Waals surface area (Å²) in [4.78, 5) is 0. The normalized spacial score (nSPS) is 21.8. The molecule has 0 aromatic rings. The summed E-state index contributed by atoms with van der Waals surface area (Å²) in [6.07, 6.45) is 5.18. The second kappa shape index (κ2) is 9.58. The van der Waals surface area contributed by atoms with E-state index >= 15 is 0 Å². The molecule has 0 spiro atoms. The average molecular weight is 281 g/mol. The summed E-state index contributed by atoms with van der Waals surface area (Å²) >= 11 is 3.30. The number of alkyl halides is 1. The molecule has 0 radical (unpaired) electrons. The van der Waals surface area contributed by atoms with Crippen LogP contribution in [0.4, 0.5) is 0 Å². The molecule has 0 aliphatic carbocycles. The molecule has 1 atom stereocenters. The Morgan fingerprint density at radius 2 is 1.87 bits per heavy atom. The highest BCUT2D eigenvalue weighted by Crippen LogP contribution is 2.15. The monoisotopic (exact) mass is 280 g/mol. The summed E-state index contributed by atoms with van der Waals surface area (Å²) < 4.78 is 16.3. The highest BCUT2D eigenvalue weighted by molar-refractivity contribution is 9.09. The summed E-state index contributed by atoms with van der Waals surface area (Å²) in [7, 11) is 0. The van der Waals surface area contributed by atoms with Crippen molar-refractivity contribution in [3.05, 3.63) is 0 Å². The quantitative estimate of drug-likeness (QED) is 0.505. The molecule has 0 bridgehead atoms. The van der Waals surface area contributed by atoms with Crippen molar-refractivity contribution in [1.29, 1.82) is 0 Å². The first-order chi connectivity index (χ1) is 7.43. The third-order valence-corrected chi connectivity index (χ3v) is 2.78. The molecule has 0 saturated carbocycles. The Bertz CT molecular complexity index is 138. The lowest BCUT2D eigenvalue weighted by molar-refractivity contribution is -0.0145. The first-order valence-corrected chi connectivity index (χ1v) is 6.88. The fourth-order valence-corrected chi connectivity index (χ4v) is 1.86. The van der Waals surface area contributed by atoms with Crippen LogP contribution in [0.3, 0.4) is 0 Å². The minimum Gasteiger partial charge on any atom is -0.379 e. The lowest BCUT2D eigenvalue weighted by Crippen LogP contribution is -2.21. The van der Waals surface area contributed by atoms with E-state index < -0.39 is 0 Å². The van der Waals surface area contributed by atoms with Gasteiger partial charge in [-0.15, -0.1) is 0 Å². The minimum atomic E-state index is 0.433. The molecule has 1 saturated heterocycles. The van der Waals surface area contributed by atoms with Gasteiger partial charge in [0.05, 0.1) is 25.9 Å². The van der Waals surface area contributed by atoms with E-state index in [-0.39, 0.29) is 0 Å². The molecule has 0 aromatic carbocycles. The zero-order valence-corrected chi connectivity index (χ0v) is 10.8. The lowest BCUT2D eigenvalue weighted by Gasteiger charge is -2.22. The molecule has 0 aromatic heterocycles. The summed E-state index contributed by atoms with van der Waals surface area (Å²) in [6, 6.07) is 0. The Kier molecular flexibility index (Phi) is 8.57. The number of halogens is 1. The topological polar surface area (TPSA) is 27.7 Å². The molecular formula is C11H21BrO3. The third kappa shape index (κ3) is 7.28. The number of hydrogen-bond acceptors (Lipinski definition) is 3. The fraction of sp³-hybridized carbons (Fsp3) is 1.00. The molecule has 90 valence electrons. The van der Waals surface area contributed by atoms with E-state index in [1.54, 1.807) is 0 Å². The average Bonchev–Trinajstić information content (AvgIpc) is 2.29. The van der Waals surface area contributed by atoms with Gasteiger partial charge in [0.1, 0.15) is 0 Å². The third-order valence-electron chi connectivity index (χ3n) is 2.45. The van der Waals surface area contributed by atoms with Crippen molar-refractivity contribution >= 4 is 15.9 Å². The van der Waals surface area contributed by atoms with Crippen molar-refractivity contribution in [2.45, 2.75) is 31.8 Å². The van der Waals surface area contributed by atoms with Gasteiger partial charge in [0.2, 0.25) is 0 Å². The van der Waals surface area contributed by atoms with Gasteiger partial charge in [0.15, 0.2) is 0 Å². The van der Waals surface area contributed by atoms with Gasteiger partial charge in [-0.1, -0.05) is 15.9 Å². The second-order valence-corrected chi connectivity index (χ2v) is 4.48. The predicted octanol–water partition coefficient (Wildman–Crippen LogP) is 2.37. The summed E-state index contributed by atoms with van der Waals surface area (Å²) in [6.45, 7) is 3.87. The van der Waals surface area contributed by atoms with Crippen LogP contribution in [-0.4, -0.2) is 44.5 Å². The smallest absolute Gasteiger partial charge is 0.0700 e. The molecule has 1 fully saturated rings. The van der Waals surface area contributed by atoms with E-state index in [2.05, 4.69) is 15.9 Å². The molecule has 1 aliphatic rings. The first-order valence-electron chi connectivity index (χ1n) is 5.76. The van der Waals surface area contributed by atoms with E-state index in [0.29, 0.717) is 19.3 Å². The van der Waals surface area contributed by atoms with Crippen molar-refractivity contribution in [2.24, 2.45) is 0 Å². The summed E-state index contributed by atoms with van der Waals surface area (Å²) in [5.41, 5.74) is 0. The maximum Gasteiger partial charge on any atom is 0.0700 e. The van der Waals surface area contributed by atoms with Crippen LogP contribution in [0.25, 0.3) is 0 Å². The molecule has 3 nitrogen and oxygen atoms in total. The Labute approximate surface area is 101 Å². The highest BCUT2D eigenvalue weighted by Gasteiger charge is 2.12. The molecule has 0 N–H and O–H groups in total. The van der Waals surface area contributed by atoms with Gasteiger partial charge in [-0.3, -0.25) is 0 Å². The van der Waals surface area contributed by atoms with Crippen LogP contribution >= 0.6 is 15.9 Å². The van der Waals surface area contributed by atoms with Crippen molar-refractivity contribution in [1.82, 2.24) is 0 Å². The maximum absolute atomic E-state index is 5.61. The van der Waals surface area contributed by atoms with Gasteiger partial charge >= 0.3 is 0 Å².